The number of carbonyl (C=O) groups is 3. The highest BCUT2D eigenvalue weighted by Gasteiger charge is 2.72. The zero-order valence-electron chi connectivity index (χ0n) is 24.7. The Morgan fingerprint density at radius 3 is 2.74 bits per heavy atom. The average Bonchev–Trinajstić information content (AvgIpc) is 3.69. The maximum atomic E-state index is 13.5. The third-order valence-corrected chi connectivity index (χ3v) is 10.1. The molecule has 1 aromatic carbocycles. The van der Waals surface area contributed by atoms with Gasteiger partial charge in [-0.3, -0.25) is 9.69 Å². The minimum absolute atomic E-state index is 0.00183. The summed E-state index contributed by atoms with van der Waals surface area (Å²) in [5, 5.41) is 37.5. The van der Waals surface area contributed by atoms with Crippen molar-refractivity contribution < 1.29 is 39.2 Å². The van der Waals surface area contributed by atoms with Gasteiger partial charge in [-0.25, -0.2) is 9.59 Å². The van der Waals surface area contributed by atoms with Crippen LogP contribution in [0.4, 0.5) is 4.79 Å². The number of nitrogens with two attached hydrogens (primary N) is 1. The first-order chi connectivity index (χ1) is 20.4. The van der Waals surface area contributed by atoms with Crippen LogP contribution in [0.15, 0.2) is 24.0 Å². The zero-order chi connectivity index (χ0) is 30.7. The van der Waals surface area contributed by atoms with Crippen molar-refractivity contribution in [2.75, 3.05) is 19.6 Å². The molecule has 43 heavy (non-hydrogen) atoms. The third-order valence-electron chi connectivity index (χ3n) is 10.1. The molecular weight excluding hydrogens is 556 g/mol. The van der Waals surface area contributed by atoms with Gasteiger partial charge in [0.2, 0.25) is 0 Å². The molecule has 1 saturated carbocycles. The number of carboxylic acid groups (broad SMARTS) is 1. The Morgan fingerprint density at radius 2 is 2.02 bits per heavy atom. The van der Waals surface area contributed by atoms with E-state index in [2.05, 4.69) is 15.5 Å². The van der Waals surface area contributed by atoms with Crippen molar-refractivity contribution in [2.45, 2.75) is 100.0 Å². The number of aliphatic carboxylic acids is 1. The Hall–Kier alpha value is -3.35. The number of likely N-dealkylation sites (tertiary alicyclic amines) is 1. The van der Waals surface area contributed by atoms with Crippen molar-refractivity contribution in [3.8, 4) is 11.5 Å². The van der Waals surface area contributed by atoms with E-state index in [0.717, 1.165) is 24.2 Å². The molecule has 2 amide bonds. The van der Waals surface area contributed by atoms with Gasteiger partial charge in [0.1, 0.15) is 17.3 Å². The van der Waals surface area contributed by atoms with Gasteiger partial charge in [0.25, 0.3) is 0 Å². The fourth-order valence-electron chi connectivity index (χ4n) is 7.59. The van der Waals surface area contributed by atoms with E-state index >= 15 is 0 Å². The summed E-state index contributed by atoms with van der Waals surface area (Å²) in [6, 6.07) is 1.94. The summed E-state index contributed by atoms with van der Waals surface area (Å²) in [4.78, 5) is 39.3. The predicted molar refractivity (Wildman–Crippen MR) is 154 cm³/mol. The second kappa shape index (κ2) is 10.7. The van der Waals surface area contributed by atoms with Crippen LogP contribution in [0.5, 0.6) is 11.5 Å². The first-order valence-corrected chi connectivity index (χ1v) is 15.3. The van der Waals surface area contributed by atoms with Crippen LogP contribution >= 0.6 is 0 Å². The highest BCUT2D eigenvalue weighted by atomic mass is 16.6. The second-order valence-electron chi connectivity index (χ2n) is 13.4. The highest BCUT2D eigenvalue weighted by molar-refractivity contribution is 5.87. The number of aliphatic hydroxyl groups is 1. The van der Waals surface area contributed by atoms with Gasteiger partial charge in [0.15, 0.2) is 17.6 Å². The summed E-state index contributed by atoms with van der Waals surface area (Å²) in [6.07, 6.45) is 6.26. The molecular formula is C31H42N4O8. The number of phenolic OH excluding ortho intramolecular Hbond substituents is 1. The number of hydrogen-bond acceptors (Lipinski definition) is 9. The molecule has 0 radical (unpaired) electrons. The first kappa shape index (κ1) is 29.7. The van der Waals surface area contributed by atoms with Crippen molar-refractivity contribution in [2.24, 2.45) is 11.7 Å². The number of benzene rings is 1. The van der Waals surface area contributed by atoms with E-state index in [0.29, 0.717) is 43.8 Å². The quantitative estimate of drug-likeness (QED) is 0.162. The lowest BCUT2D eigenvalue weighted by atomic mass is 9.50. The summed E-state index contributed by atoms with van der Waals surface area (Å²) in [6.45, 7) is 5.10. The molecule has 2 fully saturated rings. The summed E-state index contributed by atoms with van der Waals surface area (Å²) in [5.41, 5.74) is 3.94. The number of carbonyl (C=O) groups excluding carboxylic acids is 2. The average molecular weight is 599 g/mol. The van der Waals surface area contributed by atoms with Crippen LogP contribution in [0.25, 0.3) is 0 Å². The van der Waals surface area contributed by atoms with Crippen LogP contribution in [0, 0.1) is 5.92 Å². The molecule has 5 aliphatic rings. The molecule has 7 N–H and O–H groups in total. The maximum Gasteiger partial charge on any atom is 0.336 e. The van der Waals surface area contributed by atoms with Gasteiger partial charge in [-0.05, 0) is 89.0 Å². The summed E-state index contributed by atoms with van der Waals surface area (Å²) in [5.74, 6) is -0.459. The minimum Gasteiger partial charge on any atom is -0.504 e. The van der Waals surface area contributed by atoms with Gasteiger partial charge in [0.05, 0.1) is 11.0 Å². The number of aromatic hydroxyl groups is 1. The molecule has 1 saturated heterocycles. The standard InChI is InChI=1S/C31H42N4O8/c1-29(2,34-28(40)33-13-4-3-5-19(32)26(37)38)27(39)42-21-10-11-31(41)22-15-18-8-9-20(36)24-23(18)30(31,25(21)43-24)12-14-35(22)16-17-6-7-17/h8-10,17,19,22,25,36,41H,3-7,11-16,32H2,1-2H3,(H,37,38)(H2,33,34,40)/t19?,22-,25+,30+,31-/m1/s1. The monoisotopic (exact) mass is 598 g/mol. The summed E-state index contributed by atoms with van der Waals surface area (Å²) in [7, 11) is 0. The van der Waals surface area contributed by atoms with Crippen molar-refractivity contribution in [1.82, 2.24) is 15.5 Å². The van der Waals surface area contributed by atoms with E-state index in [4.69, 9.17) is 20.3 Å². The van der Waals surface area contributed by atoms with Crippen molar-refractivity contribution in [3.63, 3.8) is 0 Å². The van der Waals surface area contributed by atoms with Gasteiger partial charge in [-0.15, -0.1) is 0 Å². The van der Waals surface area contributed by atoms with E-state index in [-0.39, 0.29) is 30.5 Å². The fourth-order valence-corrected chi connectivity index (χ4v) is 7.59. The number of ether oxygens (including phenoxy) is 2. The molecule has 0 aromatic heterocycles. The van der Waals surface area contributed by atoms with Crippen LogP contribution in [0.3, 0.4) is 0 Å². The number of piperidine rings is 1. The summed E-state index contributed by atoms with van der Waals surface area (Å²) < 4.78 is 12.4. The Kier molecular flexibility index (Phi) is 7.37. The van der Waals surface area contributed by atoms with E-state index in [9.17, 15) is 24.6 Å². The van der Waals surface area contributed by atoms with E-state index < -0.39 is 46.7 Å². The lowest BCUT2D eigenvalue weighted by molar-refractivity contribution is -0.175. The first-order valence-electron chi connectivity index (χ1n) is 15.3. The molecule has 12 nitrogen and oxygen atoms in total. The Bertz CT molecular complexity index is 1360. The number of carboxylic acids is 1. The van der Waals surface area contributed by atoms with Crippen LogP contribution in [-0.2, 0) is 26.2 Å². The molecule has 3 aliphatic carbocycles. The number of rotatable bonds is 11. The lowest BCUT2D eigenvalue weighted by Gasteiger charge is -2.62. The molecule has 6 rings (SSSR count). The van der Waals surface area contributed by atoms with Crippen LogP contribution in [0.2, 0.25) is 0 Å². The zero-order valence-corrected chi connectivity index (χ0v) is 24.7. The van der Waals surface area contributed by atoms with Crippen LogP contribution in [-0.4, -0.2) is 87.2 Å². The number of amides is 2. The van der Waals surface area contributed by atoms with Crippen LogP contribution in [0.1, 0.15) is 69.9 Å². The number of nitrogens with zero attached hydrogens (tertiary/aromatic N) is 1. The Labute approximate surface area is 250 Å². The largest absolute Gasteiger partial charge is 0.504 e. The van der Waals surface area contributed by atoms with Gasteiger partial charge < -0.3 is 41.2 Å². The SMILES string of the molecule is CC(C)(NC(=O)NCCCCC(N)C(=O)O)C(=O)OC1=CC[C@@]2(O)[C@H]3Cc4ccc(O)c5c4[C@@]2(CCN3CC2CC2)[C@H]1O5. The van der Waals surface area contributed by atoms with Gasteiger partial charge in [-0.1, -0.05) is 6.07 Å². The third kappa shape index (κ3) is 4.93. The van der Waals surface area contributed by atoms with Gasteiger partial charge in [0, 0.05) is 31.1 Å². The molecule has 2 bridgehead atoms. The normalized spacial score (nSPS) is 29.5. The smallest absolute Gasteiger partial charge is 0.336 e. The molecule has 1 spiro atoms. The number of esters is 1. The molecule has 5 atom stereocenters. The molecule has 2 heterocycles. The predicted octanol–water partition coefficient (Wildman–Crippen LogP) is 1.65. The fraction of sp³-hybridized carbons (Fsp3) is 0.645. The minimum atomic E-state index is -1.40. The van der Waals surface area contributed by atoms with Gasteiger partial charge in [-0.2, -0.15) is 0 Å². The molecule has 1 aromatic rings. The molecule has 12 heteroatoms. The van der Waals surface area contributed by atoms with Crippen LogP contribution < -0.4 is 21.1 Å². The number of unbranched alkanes of at least 4 members (excludes halogenated alkanes) is 1. The summed E-state index contributed by atoms with van der Waals surface area (Å²) >= 11 is 0. The van der Waals surface area contributed by atoms with E-state index in [1.165, 1.54) is 12.8 Å². The Balaban J connectivity index is 1.16. The number of nitrogens with one attached hydrogen (secondary N) is 2. The van der Waals surface area contributed by atoms with Crippen molar-refractivity contribution >= 4 is 18.0 Å². The molecule has 2 aliphatic heterocycles. The van der Waals surface area contributed by atoms with Crippen molar-refractivity contribution in [1.29, 1.82) is 0 Å². The lowest BCUT2D eigenvalue weighted by Crippen LogP contribution is -2.75. The number of hydrogen-bond donors (Lipinski definition) is 6. The maximum absolute atomic E-state index is 13.5. The number of urea groups is 1. The highest BCUT2D eigenvalue weighted by Crippen LogP contribution is 2.65. The molecule has 1 unspecified atom stereocenters. The molecule has 234 valence electrons. The second-order valence-corrected chi connectivity index (χ2v) is 13.4. The van der Waals surface area contributed by atoms with Crippen molar-refractivity contribution in [3.05, 3.63) is 35.1 Å². The van der Waals surface area contributed by atoms with E-state index in [1.807, 2.05) is 6.07 Å². The topological polar surface area (TPSA) is 184 Å². The number of phenols is 1. The van der Waals surface area contributed by atoms with E-state index in [1.54, 1.807) is 26.0 Å². The van der Waals surface area contributed by atoms with Gasteiger partial charge >= 0.3 is 18.0 Å². The Morgan fingerprint density at radius 1 is 1.26 bits per heavy atom.